The third kappa shape index (κ3) is 4.78. The van der Waals surface area contributed by atoms with Crippen molar-refractivity contribution in [2.75, 3.05) is 6.54 Å². The number of hydrogen-bond donors (Lipinski definition) is 5. The third-order valence-corrected chi connectivity index (χ3v) is 6.23. The average molecular weight is 406 g/mol. The van der Waals surface area contributed by atoms with E-state index in [-0.39, 0.29) is 22.8 Å². The van der Waals surface area contributed by atoms with Gasteiger partial charge in [0.25, 0.3) is 0 Å². The molecule has 1 aromatic carbocycles. The summed E-state index contributed by atoms with van der Waals surface area (Å²) in [6, 6.07) is 6.50. The van der Waals surface area contributed by atoms with Gasteiger partial charge in [-0.3, -0.25) is 9.79 Å². The molecule has 0 bridgehead atoms. The number of carbonyl (C=O) groups is 1. The molecule has 3 rings (SSSR count). The molecule has 1 saturated carbocycles. The third-order valence-electron chi connectivity index (χ3n) is 5.08. The highest BCUT2D eigenvalue weighted by atomic mass is 32.1. The molecule has 8 nitrogen and oxygen atoms in total. The summed E-state index contributed by atoms with van der Waals surface area (Å²) in [6.07, 6.45) is 4.50. The van der Waals surface area contributed by atoms with Crippen molar-refractivity contribution in [3.63, 3.8) is 0 Å². The maximum absolute atomic E-state index is 12.6. The van der Waals surface area contributed by atoms with Crippen LogP contribution in [0, 0.1) is 5.92 Å². The van der Waals surface area contributed by atoms with Gasteiger partial charge in [-0.05, 0) is 37.8 Å². The quantitative estimate of drug-likeness (QED) is 0.193. The summed E-state index contributed by atoms with van der Waals surface area (Å²) in [7, 11) is 0. The van der Waals surface area contributed by atoms with E-state index in [0.29, 0.717) is 24.9 Å². The molecule has 1 heterocycles. The Morgan fingerprint density at radius 2 is 2.04 bits per heavy atom. The van der Waals surface area contributed by atoms with Crippen LogP contribution in [0.1, 0.15) is 43.5 Å². The van der Waals surface area contributed by atoms with E-state index in [1.807, 2.05) is 24.3 Å². The van der Waals surface area contributed by atoms with Crippen LogP contribution in [-0.2, 0) is 10.6 Å². The van der Waals surface area contributed by atoms with Gasteiger partial charge in [0.1, 0.15) is 0 Å². The number of guanidine groups is 1. The number of hydrogen-bond acceptors (Lipinski definition) is 6. The Morgan fingerprint density at radius 3 is 2.71 bits per heavy atom. The summed E-state index contributed by atoms with van der Waals surface area (Å²) >= 11 is 1.21. The van der Waals surface area contributed by atoms with E-state index < -0.39 is 11.8 Å². The summed E-state index contributed by atoms with van der Waals surface area (Å²) in [4.78, 5) is 20.9. The van der Waals surface area contributed by atoms with Crippen LogP contribution in [0.25, 0.3) is 10.2 Å². The van der Waals surface area contributed by atoms with Gasteiger partial charge in [-0.2, -0.15) is 0 Å². The fourth-order valence-corrected chi connectivity index (χ4v) is 4.54. The first-order valence-corrected chi connectivity index (χ1v) is 10.4. The molecule has 28 heavy (non-hydrogen) atoms. The Kier molecular flexibility index (Phi) is 6.48. The minimum absolute atomic E-state index is 0.0167. The Labute approximate surface area is 167 Å². The molecule has 7 N–H and O–H groups in total. The molecule has 1 fully saturated rings. The van der Waals surface area contributed by atoms with E-state index in [2.05, 4.69) is 15.3 Å². The van der Waals surface area contributed by atoms with E-state index >= 15 is 0 Å². The number of fused-ring (bicyclic) bond motifs is 1. The Morgan fingerprint density at radius 1 is 1.32 bits per heavy atom. The molecule has 9 heteroatoms. The number of thiazole rings is 1. The van der Waals surface area contributed by atoms with Gasteiger partial charge in [0, 0.05) is 12.5 Å². The first-order chi connectivity index (χ1) is 13.4. The Balaban J connectivity index is 1.79. The lowest BCUT2D eigenvalue weighted by molar-refractivity contribution is -0.196. The minimum atomic E-state index is -2.28. The highest BCUT2D eigenvalue weighted by Gasteiger charge is 2.41. The number of aliphatic hydroxyl groups is 2. The van der Waals surface area contributed by atoms with Gasteiger partial charge >= 0.3 is 0 Å². The Hall–Kier alpha value is -2.23. The zero-order valence-electron chi connectivity index (χ0n) is 15.7. The van der Waals surface area contributed by atoms with Crippen molar-refractivity contribution in [2.45, 2.75) is 50.4 Å². The second-order valence-corrected chi connectivity index (χ2v) is 8.23. The predicted molar refractivity (Wildman–Crippen MR) is 110 cm³/mol. The number of nitrogens with zero attached hydrogens (tertiary/aromatic N) is 2. The van der Waals surface area contributed by atoms with E-state index in [9.17, 15) is 15.0 Å². The fourth-order valence-electron chi connectivity index (χ4n) is 3.53. The zero-order chi connectivity index (χ0) is 20.1. The minimum Gasteiger partial charge on any atom is -0.370 e. The van der Waals surface area contributed by atoms with Crippen LogP contribution >= 0.6 is 11.3 Å². The van der Waals surface area contributed by atoms with Crippen molar-refractivity contribution in [3.05, 3.63) is 29.3 Å². The van der Waals surface area contributed by atoms with Crippen molar-refractivity contribution >= 4 is 33.4 Å². The molecule has 0 aliphatic heterocycles. The second kappa shape index (κ2) is 8.85. The molecule has 1 atom stereocenters. The van der Waals surface area contributed by atoms with Gasteiger partial charge in [0.05, 0.1) is 16.3 Å². The molecule has 0 saturated heterocycles. The number of nitrogens with two attached hydrogens (primary N) is 2. The van der Waals surface area contributed by atoms with Crippen LogP contribution in [0.2, 0.25) is 0 Å². The van der Waals surface area contributed by atoms with E-state index in [1.165, 1.54) is 11.3 Å². The molecule has 1 aliphatic carbocycles. The normalized spacial score (nSPS) is 16.2. The van der Waals surface area contributed by atoms with Gasteiger partial charge in [0.2, 0.25) is 11.7 Å². The number of aromatic nitrogens is 1. The summed E-state index contributed by atoms with van der Waals surface area (Å²) in [6.45, 7) is 0.341. The second-order valence-electron chi connectivity index (χ2n) is 7.20. The van der Waals surface area contributed by atoms with Gasteiger partial charge in [-0.15, -0.1) is 11.3 Å². The molecule has 0 unspecified atom stereocenters. The van der Waals surface area contributed by atoms with Gasteiger partial charge in [0.15, 0.2) is 11.0 Å². The molecule has 0 radical (unpaired) electrons. The van der Waals surface area contributed by atoms with Gasteiger partial charge < -0.3 is 27.0 Å². The molecule has 1 aromatic heterocycles. The SMILES string of the molecule is NC(N)=NCCC[C@H](NC(=O)C1CCCC1)C(O)(O)c1nc2ccccc2s1. The number of para-hydroxylation sites is 1. The summed E-state index contributed by atoms with van der Waals surface area (Å²) in [5.74, 6) is -2.52. The number of amides is 1. The van der Waals surface area contributed by atoms with E-state index in [4.69, 9.17) is 11.5 Å². The maximum atomic E-state index is 12.6. The first-order valence-electron chi connectivity index (χ1n) is 9.54. The molecular formula is C19H27N5O3S. The largest absolute Gasteiger partial charge is 0.370 e. The van der Waals surface area contributed by atoms with E-state index in [1.54, 1.807) is 0 Å². The molecule has 1 aliphatic rings. The highest BCUT2D eigenvalue weighted by molar-refractivity contribution is 7.18. The lowest BCUT2D eigenvalue weighted by Crippen LogP contribution is -2.52. The first kappa shape index (κ1) is 20.5. The molecule has 2 aromatic rings. The molecule has 1 amide bonds. The average Bonchev–Trinajstić information content (AvgIpc) is 3.33. The van der Waals surface area contributed by atoms with Crippen LogP contribution in [-0.4, -0.2) is 39.7 Å². The van der Waals surface area contributed by atoms with Crippen molar-refractivity contribution in [3.8, 4) is 0 Å². The van der Waals surface area contributed by atoms with Crippen molar-refractivity contribution in [1.82, 2.24) is 10.3 Å². The smallest absolute Gasteiger partial charge is 0.238 e. The monoisotopic (exact) mass is 405 g/mol. The van der Waals surface area contributed by atoms with Crippen molar-refractivity contribution in [2.24, 2.45) is 22.4 Å². The van der Waals surface area contributed by atoms with E-state index in [0.717, 1.165) is 30.4 Å². The number of benzene rings is 1. The van der Waals surface area contributed by atoms with Crippen molar-refractivity contribution in [1.29, 1.82) is 0 Å². The predicted octanol–water partition coefficient (Wildman–Crippen LogP) is 1.16. The molecular weight excluding hydrogens is 378 g/mol. The summed E-state index contributed by atoms with van der Waals surface area (Å²) in [5.41, 5.74) is 11.4. The van der Waals surface area contributed by atoms with Crippen LogP contribution < -0.4 is 16.8 Å². The fraction of sp³-hybridized carbons (Fsp3) is 0.526. The standard InChI is InChI=1S/C19H27N5O3S/c20-18(21)22-11-5-10-15(24-16(25)12-6-1-2-7-12)19(26,27)17-23-13-8-3-4-9-14(13)28-17/h3-4,8-9,12,15,26-27H,1-2,5-7,10-11H2,(H,24,25)(H4,20,21,22)/t15-/m0/s1. The number of nitrogens with one attached hydrogen (secondary N) is 1. The number of carbonyl (C=O) groups excluding carboxylic acids is 1. The van der Waals surface area contributed by atoms with Crippen LogP contribution in [0.3, 0.4) is 0 Å². The highest BCUT2D eigenvalue weighted by Crippen LogP contribution is 2.33. The summed E-state index contributed by atoms with van der Waals surface area (Å²) in [5, 5.41) is 24.9. The zero-order valence-corrected chi connectivity index (χ0v) is 16.5. The number of rotatable bonds is 8. The van der Waals surface area contributed by atoms with Crippen molar-refractivity contribution < 1.29 is 15.0 Å². The summed E-state index contributed by atoms with van der Waals surface area (Å²) < 4.78 is 0.853. The number of aliphatic imine (C=N–C) groups is 1. The van der Waals surface area contributed by atoms with Crippen LogP contribution in [0.5, 0.6) is 0 Å². The molecule has 0 spiro atoms. The lowest BCUT2D eigenvalue weighted by atomic mass is 9.99. The van der Waals surface area contributed by atoms with Gasteiger partial charge in [-0.1, -0.05) is 25.0 Å². The van der Waals surface area contributed by atoms with Gasteiger partial charge in [-0.25, -0.2) is 4.98 Å². The van der Waals surface area contributed by atoms with Crippen LogP contribution in [0.15, 0.2) is 29.3 Å². The Bertz CT molecular complexity index is 808. The maximum Gasteiger partial charge on any atom is 0.238 e. The molecule has 152 valence electrons. The van der Waals surface area contributed by atoms with Crippen LogP contribution in [0.4, 0.5) is 0 Å². The lowest BCUT2D eigenvalue weighted by Gasteiger charge is -2.31. The topological polar surface area (TPSA) is 147 Å².